The van der Waals surface area contributed by atoms with E-state index in [1.807, 2.05) is 0 Å². The van der Waals surface area contributed by atoms with E-state index in [0.29, 0.717) is 0 Å². The molecule has 0 aromatic rings. The highest BCUT2D eigenvalue weighted by molar-refractivity contribution is 6.91. The Morgan fingerprint density at radius 1 is 0.842 bits per heavy atom. The van der Waals surface area contributed by atoms with Crippen molar-refractivity contribution in [3.63, 3.8) is 0 Å². The lowest BCUT2D eigenvalue weighted by molar-refractivity contribution is -0.154. The summed E-state index contributed by atoms with van der Waals surface area (Å²) in [6.45, 7) is 1.23. The maximum Gasteiger partial charge on any atom is 0.280 e. The van der Waals surface area contributed by atoms with Gasteiger partial charge >= 0.3 is 0 Å². The molecule has 0 bridgehead atoms. The number of aldehydes is 3. The van der Waals surface area contributed by atoms with Crippen LogP contribution in [0.1, 0.15) is 13.3 Å². The van der Waals surface area contributed by atoms with Crippen molar-refractivity contribution in [1.29, 1.82) is 0 Å². The molecular weight excluding hydrogens is 260 g/mol. The Bertz CT molecular complexity index is 491. The molecular formula is C11H8O8. The summed E-state index contributed by atoms with van der Waals surface area (Å²) >= 11 is 0. The fraction of sp³-hybridized carbons (Fsp3) is 0.273. The third-order valence-corrected chi connectivity index (χ3v) is 2.38. The SMILES string of the molecule is CCC(C=O)(C=O)C(=O)C(=O)C(=O)C(=O)C(=O)C=O. The van der Waals surface area contributed by atoms with Crippen molar-refractivity contribution in [1.82, 2.24) is 0 Å². The van der Waals surface area contributed by atoms with E-state index in [1.54, 1.807) is 0 Å². The number of carbonyl (C=O) groups is 8. The van der Waals surface area contributed by atoms with E-state index in [0.717, 1.165) is 0 Å². The van der Waals surface area contributed by atoms with Crippen LogP contribution in [-0.2, 0) is 38.4 Å². The van der Waals surface area contributed by atoms with E-state index in [2.05, 4.69) is 0 Å². The van der Waals surface area contributed by atoms with Crippen LogP contribution in [-0.4, -0.2) is 47.8 Å². The monoisotopic (exact) mass is 268 g/mol. The fourth-order valence-electron chi connectivity index (χ4n) is 1.05. The van der Waals surface area contributed by atoms with Crippen molar-refractivity contribution in [2.24, 2.45) is 5.41 Å². The number of Topliss-reactive ketones (excluding diaryl/α,β-unsaturated/α-hetero) is 5. The van der Waals surface area contributed by atoms with Crippen LogP contribution in [0.15, 0.2) is 0 Å². The molecule has 0 atom stereocenters. The number of hydrogen-bond acceptors (Lipinski definition) is 8. The van der Waals surface area contributed by atoms with Gasteiger partial charge in [0.15, 0.2) is 6.29 Å². The Labute approximate surface area is 106 Å². The zero-order valence-electron chi connectivity index (χ0n) is 9.71. The van der Waals surface area contributed by atoms with E-state index < -0.39 is 47.0 Å². The Kier molecular flexibility index (Phi) is 5.45. The van der Waals surface area contributed by atoms with Gasteiger partial charge in [-0.2, -0.15) is 0 Å². The summed E-state index contributed by atoms with van der Waals surface area (Å²) in [7, 11) is 0. The van der Waals surface area contributed by atoms with Crippen molar-refractivity contribution in [2.45, 2.75) is 13.3 Å². The van der Waals surface area contributed by atoms with E-state index >= 15 is 0 Å². The van der Waals surface area contributed by atoms with Gasteiger partial charge in [0.1, 0.15) is 18.0 Å². The molecule has 0 N–H and O–H groups in total. The lowest BCUT2D eigenvalue weighted by Crippen LogP contribution is -2.45. The molecule has 0 heterocycles. The van der Waals surface area contributed by atoms with Crippen molar-refractivity contribution in [3.8, 4) is 0 Å². The van der Waals surface area contributed by atoms with Gasteiger partial charge in [0, 0.05) is 0 Å². The van der Waals surface area contributed by atoms with Crippen LogP contribution in [0.5, 0.6) is 0 Å². The third-order valence-electron chi connectivity index (χ3n) is 2.38. The van der Waals surface area contributed by atoms with Crippen LogP contribution < -0.4 is 0 Å². The van der Waals surface area contributed by atoms with Crippen LogP contribution in [0.3, 0.4) is 0 Å². The highest BCUT2D eigenvalue weighted by Gasteiger charge is 2.45. The first kappa shape index (κ1) is 16.4. The van der Waals surface area contributed by atoms with Gasteiger partial charge in [-0.05, 0) is 6.42 Å². The molecule has 0 aliphatic rings. The molecule has 0 saturated carbocycles. The number of hydrogen-bond donors (Lipinski definition) is 0. The minimum Gasteiger partial charge on any atom is -0.302 e. The van der Waals surface area contributed by atoms with Crippen molar-refractivity contribution in [2.75, 3.05) is 0 Å². The van der Waals surface area contributed by atoms with E-state index in [-0.39, 0.29) is 12.6 Å². The molecule has 0 amide bonds. The Balaban J connectivity index is 5.39. The highest BCUT2D eigenvalue weighted by atomic mass is 16.2. The molecule has 8 nitrogen and oxygen atoms in total. The number of carbonyl (C=O) groups excluding carboxylic acids is 8. The van der Waals surface area contributed by atoms with Gasteiger partial charge in [0.2, 0.25) is 5.78 Å². The van der Waals surface area contributed by atoms with Crippen LogP contribution in [0.2, 0.25) is 0 Å². The smallest absolute Gasteiger partial charge is 0.280 e. The summed E-state index contributed by atoms with van der Waals surface area (Å²) in [6, 6.07) is 0. The van der Waals surface area contributed by atoms with E-state index in [9.17, 15) is 38.4 Å². The second-order valence-corrected chi connectivity index (χ2v) is 3.43. The maximum absolute atomic E-state index is 11.5. The average Bonchev–Trinajstić information content (AvgIpc) is 2.46. The summed E-state index contributed by atoms with van der Waals surface area (Å²) in [5.74, 6) is -9.54. The van der Waals surface area contributed by atoms with Gasteiger partial charge in [0.05, 0.1) is 0 Å². The molecule has 0 radical (unpaired) electrons. The molecule has 0 aromatic carbocycles. The molecule has 0 spiro atoms. The van der Waals surface area contributed by atoms with Crippen LogP contribution in [0, 0.1) is 5.41 Å². The first-order valence-corrected chi connectivity index (χ1v) is 4.90. The first-order chi connectivity index (χ1) is 8.81. The summed E-state index contributed by atoms with van der Waals surface area (Å²) in [4.78, 5) is 86.9. The fourth-order valence-corrected chi connectivity index (χ4v) is 1.05. The van der Waals surface area contributed by atoms with Crippen LogP contribution in [0.25, 0.3) is 0 Å². The zero-order chi connectivity index (χ0) is 15.2. The van der Waals surface area contributed by atoms with Gasteiger partial charge in [-0.25, -0.2) is 0 Å². The van der Waals surface area contributed by atoms with Gasteiger partial charge in [-0.15, -0.1) is 0 Å². The molecule has 19 heavy (non-hydrogen) atoms. The number of ketones is 5. The predicted molar refractivity (Wildman–Crippen MR) is 56.0 cm³/mol. The van der Waals surface area contributed by atoms with Crippen molar-refractivity contribution >= 4 is 47.8 Å². The highest BCUT2D eigenvalue weighted by Crippen LogP contribution is 2.18. The van der Waals surface area contributed by atoms with Crippen LogP contribution >= 0.6 is 0 Å². The molecule has 0 unspecified atom stereocenters. The molecule has 8 heteroatoms. The molecule has 0 aliphatic carbocycles. The van der Waals surface area contributed by atoms with E-state index in [1.165, 1.54) is 6.92 Å². The molecule has 0 aliphatic heterocycles. The minimum atomic E-state index is -2.36. The quantitative estimate of drug-likeness (QED) is 0.261. The van der Waals surface area contributed by atoms with Gasteiger partial charge in [-0.3, -0.25) is 28.8 Å². The zero-order valence-corrected chi connectivity index (χ0v) is 9.71. The largest absolute Gasteiger partial charge is 0.302 e. The lowest BCUT2D eigenvalue weighted by Gasteiger charge is -2.15. The molecule has 0 saturated heterocycles. The molecule has 0 rings (SSSR count). The lowest BCUT2D eigenvalue weighted by atomic mass is 9.81. The molecule has 0 aromatic heterocycles. The summed E-state index contributed by atoms with van der Waals surface area (Å²) in [6.07, 6.45) is -1.14. The average molecular weight is 268 g/mol. The van der Waals surface area contributed by atoms with E-state index in [4.69, 9.17) is 0 Å². The normalized spacial score (nSPS) is 10.2. The third kappa shape index (κ3) is 2.97. The Morgan fingerprint density at radius 3 is 1.63 bits per heavy atom. The Hall–Kier alpha value is -2.64. The van der Waals surface area contributed by atoms with Crippen LogP contribution in [0.4, 0.5) is 0 Å². The Morgan fingerprint density at radius 2 is 1.32 bits per heavy atom. The minimum absolute atomic E-state index is 0.125. The summed E-state index contributed by atoms with van der Waals surface area (Å²) in [5, 5.41) is 0. The topological polar surface area (TPSA) is 137 Å². The summed E-state index contributed by atoms with van der Waals surface area (Å²) < 4.78 is 0. The summed E-state index contributed by atoms with van der Waals surface area (Å²) in [5.41, 5.74) is -2.36. The van der Waals surface area contributed by atoms with Gasteiger partial charge in [-0.1, -0.05) is 6.92 Å². The van der Waals surface area contributed by atoms with Crippen molar-refractivity contribution in [3.05, 3.63) is 0 Å². The molecule has 100 valence electrons. The standard InChI is InChI=1S/C11H8O8/c1-2-11(4-13,5-14)10(19)9(18)8(17)7(16)6(15)3-12/h3-5H,2H2,1H3. The number of rotatable bonds is 9. The van der Waals surface area contributed by atoms with Crippen molar-refractivity contribution < 1.29 is 38.4 Å². The maximum atomic E-state index is 11.5. The second kappa shape index (κ2) is 6.34. The first-order valence-electron chi connectivity index (χ1n) is 4.90. The molecule has 0 fully saturated rings. The van der Waals surface area contributed by atoms with Gasteiger partial charge < -0.3 is 9.59 Å². The second-order valence-electron chi connectivity index (χ2n) is 3.43. The van der Waals surface area contributed by atoms with Gasteiger partial charge in [0.25, 0.3) is 23.1 Å². The predicted octanol–water partition coefficient (Wildman–Crippen LogP) is -2.17.